The second-order valence-corrected chi connectivity index (χ2v) is 5.20. The van der Waals surface area contributed by atoms with Crippen molar-refractivity contribution in [1.29, 1.82) is 0 Å². The third-order valence-electron chi connectivity index (χ3n) is 3.34. The predicted molar refractivity (Wildman–Crippen MR) is 68.8 cm³/mol. The Bertz CT molecular complexity index is 169. The summed E-state index contributed by atoms with van der Waals surface area (Å²) in [5.74, 6) is 0.753. The Morgan fingerprint density at radius 2 is 1.94 bits per heavy atom. The van der Waals surface area contributed by atoms with Gasteiger partial charge in [-0.15, -0.1) is 0 Å². The molecule has 0 radical (unpaired) electrons. The molecule has 1 aliphatic heterocycles. The molecule has 1 rings (SSSR count). The third kappa shape index (κ3) is 5.83. The fourth-order valence-electron chi connectivity index (χ4n) is 2.27. The van der Waals surface area contributed by atoms with Crippen molar-refractivity contribution in [1.82, 2.24) is 10.2 Å². The summed E-state index contributed by atoms with van der Waals surface area (Å²) in [4.78, 5) is 2.59. The molecule has 1 aliphatic rings. The van der Waals surface area contributed by atoms with E-state index in [9.17, 15) is 0 Å². The summed E-state index contributed by atoms with van der Waals surface area (Å²) in [5.41, 5.74) is 0. The lowest BCUT2D eigenvalue weighted by atomic mass is 10.1. The van der Waals surface area contributed by atoms with Gasteiger partial charge in [-0.25, -0.2) is 0 Å². The lowest BCUT2D eigenvalue weighted by molar-refractivity contribution is 0.183. The maximum absolute atomic E-state index is 5.08. The number of nitrogens with zero attached hydrogens (tertiary/aromatic N) is 1. The Labute approximate surface area is 101 Å². The highest BCUT2D eigenvalue weighted by Crippen LogP contribution is 2.09. The third-order valence-corrected chi connectivity index (χ3v) is 3.34. The molecule has 16 heavy (non-hydrogen) atoms. The van der Waals surface area contributed by atoms with Gasteiger partial charge >= 0.3 is 0 Å². The summed E-state index contributed by atoms with van der Waals surface area (Å²) in [5, 5.41) is 3.58. The van der Waals surface area contributed by atoms with Crippen LogP contribution >= 0.6 is 0 Å². The summed E-state index contributed by atoms with van der Waals surface area (Å²) < 4.78 is 5.08. The van der Waals surface area contributed by atoms with Gasteiger partial charge in [0.05, 0.1) is 0 Å². The molecular formula is C13H28N2O. The summed E-state index contributed by atoms with van der Waals surface area (Å²) in [6.45, 7) is 10.4. The number of rotatable bonds is 8. The summed E-state index contributed by atoms with van der Waals surface area (Å²) in [6, 6.07) is 0.570. The number of nitrogens with one attached hydrogen (secondary N) is 1. The van der Waals surface area contributed by atoms with Crippen LogP contribution in [0, 0.1) is 5.92 Å². The Hall–Kier alpha value is -0.120. The van der Waals surface area contributed by atoms with Crippen molar-refractivity contribution < 1.29 is 4.74 Å². The Morgan fingerprint density at radius 3 is 2.56 bits per heavy atom. The first kappa shape index (κ1) is 13.9. The zero-order chi connectivity index (χ0) is 11.8. The molecule has 1 saturated heterocycles. The first-order valence-electron chi connectivity index (χ1n) is 6.67. The van der Waals surface area contributed by atoms with Gasteiger partial charge in [0.15, 0.2) is 0 Å². The summed E-state index contributed by atoms with van der Waals surface area (Å²) in [7, 11) is 1.77. The van der Waals surface area contributed by atoms with E-state index >= 15 is 0 Å². The maximum atomic E-state index is 5.08. The minimum Gasteiger partial charge on any atom is -0.385 e. The number of likely N-dealkylation sites (tertiary alicyclic amines) is 1. The van der Waals surface area contributed by atoms with Gasteiger partial charge < -0.3 is 15.0 Å². The first-order chi connectivity index (χ1) is 7.72. The smallest absolute Gasteiger partial charge is 0.0476 e. The van der Waals surface area contributed by atoms with Gasteiger partial charge in [-0.05, 0) is 51.7 Å². The molecule has 0 amide bonds. The van der Waals surface area contributed by atoms with Gasteiger partial charge in [0.2, 0.25) is 0 Å². The SMILES string of the molecule is COCCC(C)NCC(C)CN1CCCC1. The molecule has 3 heteroatoms. The minimum absolute atomic E-state index is 0.570. The van der Waals surface area contributed by atoms with Crippen molar-refractivity contribution in [2.45, 2.75) is 39.2 Å². The standard InChI is InChI=1S/C13H28N2O/c1-12(11-15-7-4-5-8-15)10-14-13(2)6-9-16-3/h12-14H,4-11H2,1-3H3. The van der Waals surface area contributed by atoms with E-state index in [0.717, 1.165) is 25.5 Å². The van der Waals surface area contributed by atoms with E-state index < -0.39 is 0 Å². The highest BCUT2D eigenvalue weighted by atomic mass is 16.5. The molecule has 0 saturated carbocycles. The van der Waals surface area contributed by atoms with Crippen LogP contribution in [0.4, 0.5) is 0 Å². The van der Waals surface area contributed by atoms with Crippen molar-refractivity contribution in [2.24, 2.45) is 5.92 Å². The number of hydrogen-bond acceptors (Lipinski definition) is 3. The van der Waals surface area contributed by atoms with Gasteiger partial charge in [0, 0.05) is 26.3 Å². The van der Waals surface area contributed by atoms with E-state index in [1.165, 1.54) is 32.5 Å². The van der Waals surface area contributed by atoms with E-state index in [4.69, 9.17) is 4.74 Å². The van der Waals surface area contributed by atoms with Crippen LogP contribution < -0.4 is 5.32 Å². The highest BCUT2D eigenvalue weighted by Gasteiger charge is 2.14. The fourth-order valence-corrected chi connectivity index (χ4v) is 2.27. The van der Waals surface area contributed by atoms with Crippen LogP contribution in [0.15, 0.2) is 0 Å². The predicted octanol–water partition coefficient (Wildman–Crippen LogP) is 1.73. The van der Waals surface area contributed by atoms with Gasteiger partial charge in [-0.3, -0.25) is 0 Å². The summed E-state index contributed by atoms with van der Waals surface area (Å²) in [6.07, 6.45) is 3.89. The van der Waals surface area contributed by atoms with Crippen LogP contribution in [0.5, 0.6) is 0 Å². The van der Waals surface area contributed by atoms with Crippen molar-refractivity contribution >= 4 is 0 Å². The molecule has 0 spiro atoms. The van der Waals surface area contributed by atoms with Crippen LogP contribution in [0.25, 0.3) is 0 Å². The van der Waals surface area contributed by atoms with Crippen molar-refractivity contribution in [3.8, 4) is 0 Å². The van der Waals surface area contributed by atoms with Crippen LogP contribution in [0.1, 0.15) is 33.1 Å². The van der Waals surface area contributed by atoms with Gasteiger partial charge in [-0.2, -0.15) is 0 Å². The van der Waals surface area contributed by atoms with Crippen LogP contribution in [-0.2, 0) is 4.74 Å². The van der Waals surface area contributed by atoms with Gasteiger partial charge in [0.1, 0.15) is 0 Å². The normalized spacial score (nSPS) is 21.2. The molecule has 0 bridgehead atoms. The number of ether oxygens (including phenoxy) is 1. The van der Waals surface area contributed by atoms with Crippen molar-refractivity contribution in [3.05, 3.63) is 0 Å². The fraction of sp³-hybridized carbons (Fsp3) is 1.00. The van der Waals surface area contributed by atoms with Crippen molar-refractivity contribution in [2.75, 3.05) is 39.9 Å². The second kappa shape index (κ2) is 8.04. The molecule has 0 aliphatic carbocycles. The zero-order valence-corrected chi connectivity index (χ0v) is 11.2. The highest BCUT2D eigenvalue weighted by molar-refractivity contribution is 4.71. The van der Waals surface area contributed by atoms with Crippen LogP contribution in [0.3, 0.4) is 0 Å². The average Bonchev–Trinajstić information content (AvgIpc) is 2.76. The monoisotopic (exact) mass is 228 g/mol. The van der Waals surface area contributed by atoms with E-state index in [1.807, 2.05) is 0 Å². The molecule has 2 atom stereocenters. The molecular weight excluding hydrogens is 200 g/mol. The number of methoxy groups -OCH3 is 1. The van der Waals surface area contributed by atoms with Crippen LogP contribution in [0.2, 0.25) is 0 Å². The molecule has 2 unspecified atom stereocenters. The Balaban J connectivity index is 2.02. The second-order valence-electron chi connectivity index (χ2n) is 5.20. The van der Waals surface area contributed by atoms with E-state index in [-0.39, 0.29) is 0 Å². The topological polar surface area (TPSA) is 24.5 Å². The first-order valence-corrected chi connectivity index (χ1v) is 6.67. The lowest BCUT2D eigenvalue weighted by Crippen LogP contribution is -2.36. The minimum atomic E-state index is 0.570. The van der Waals surface area contributed by atoms with Gasteiger partial charge in [0.25, 0.3) is 0 Å². The molecule has 1 heterocycles. The quantitative estimate of drug-likeness (QED) is 0.685. The Kier molecular flexibility index (Phi) is 7.01. The van der Waals surface area contributed by atoms with E-state index in [0.29, 0.717) is 6.04 Å². The molecule has 1 fully saturated rings. The lowest BCUT2D eigenvalue weighted by Gasteiger charge is -2.22. The molecule has 0 aromatic heterocycles. The molecule has 0 aromatic rings. The largest absolute Gasteiger partial charge is 0.385 e. The molecule has 0 aromatic carbocycles. The Morgan fingerprint density at radius 1 is 1.25 bits per heavy atom. The number of hydrogen-bond donors (Lipinski definition) is 1. The summed E-state index contributed by atoms with van der Waals surface area (Å²) >= 11 is 0. The molecule has 96 valence electrons. The van der Waals surface area contributed by atoms with E-state index in [2.05, 4.69) is 24.1 Å². The van der Waals surface area contributed by atoms with Crippen molar-refractivity contribution in [3.63, 3.8) is 0 Å². The molecule has 1 N–H and O–H groups in total. The maximum Gasteiger partial charge on any atom is 0.0476 e. The molecule has 3 nitrogen and oxygen atoms in total. The van der Waals surface area contributed by atoms with E-state index in [1.54, 1.807) is 7.11 Å². The van der Waals surface area contributed by atoms with Gasteiger partial charge in [-0.1, -0.05) is 6.92 Å². The average molecular weight is 228 g/mol. The van der Waals surface area contributed by atoms with Crippen LogP contribution in [-0.4, -0.2) is 50.8 Å². The zero-order valence-electron chi connectivity index (χ0n) is 11.2.